The van der Waals surface area contributed by atoms with Crippen molar-refractivity contribution in [1.29, 1.82) is 0 Å². The molecule has 0 saturated carbocycles. The topological polar surface area (TPSA) is 47.3 Å². The van der Waals surface area contributed by atoms with Crippen LogP contribution in [0.1, 0.15) is 5.76 Å². The third kappa shape index (κ3) is 2.46. The summed E-state index contributed by atoms with van der Waals surface area (Å²) in [5, 5.41) is 3.74. The molecule has 0 atom stereocenters. The molecule has 2 aromatic rings. The average molecular weight is 239 g/mol. The summed E-state index contributed by atoms with van der Waals surface area (Å²) in [4.78, 5) is 3.83. The van der Waals surface area contributed by atoms with Crippen molar-refractivity contribution in [3.8, 4) is 5.75 Å². The van der Waals surface area contributed by atoms with E-state index in [1.54, 1.807) is 19.4 Å². The Kier molecular flexibility index (Phi) is 3.31. The first-order valence-corrected chi connectivity index (χ1v) is 5.12. The van der Waals surface area contributed by atoms with E-state index in [9.17, 15) is 0 Å². The van der Waals surface area contributed by atoms with Gasteiger partial charge in [0.2, 0.25) is 0 Å². The highest BCUT2D eigenvalue weighted by molar-refractivity contribution is 6.32. The Labute approximate surface area is 98.2 Å². The van der Waals surface area contributed by atoms with E-state index in [0.29, 0.717) is 17.3 Å². The molecule has 5 heteroatoms. The molecule has 2 rings (SSSR count). The molecule has 0 fully saturated rings. The van der Waals surface area contributed by atoms with Gasteiger partial charge in [-0.1, -0.05) is 11.6 Å². The van der Waals surface area contributed by atoms with E-state index in [-0.39, 0.29) is 0 Å². The molecule has 0 amide bonds. The standard InChI is InChI=1S/C11H11ClN2O2/c1-15-11-3-2-8(4-10(11)12)14-6-9-5-13-7-16-9/h2-5,7,14H,6H2,1H3. The molecule has 0 radical (unpaired) electrons. The molecule has 0 aliphatic rings. The Morgan fingerprint density at radius 3 is 3.00 bits per heavy atom. The maximum Gasteiger partial charge on any atom is 0.180 e. The van der Waals surface area contributed by atoms with Crippen LogP contribution in [0.15, 0.2) is 35.2 Å². The molecule has 0 aliphatic heterocycles. The fourth-order valence-corrected chi connectivity index (χ4v) is 1.55. The maximum absolute atomic E-state index is 5.99. The van der Waals surface area contributed by atoms with Crippen molar-refractivity contribution in [3.63, 3.8) is 0 Å². The number of anilines is 1. The summed E-state index contributed by atoms with van der Waals surface area (Å²) in [6.45, 7) is 0.572. The first-order valence-electron chi connectivity index (χ1n) is 4.74. The second kappa shape index (κ2) is 4.90. The molecule has 0 unspecified atom stereocenters. The van der Waals surface area contributed by atoms with Crippen molar-refractivity contribution in [2.45, 2.75) is 6.54 Å². The summed E-state index contributed by atoms with van der Waals surface area (Å²) < 4.78 is 10.2. The average Bonchev–Trinajstić information content (AvgIpc) is 2.79. The van der Waals surface area contributed by atoms with Crippen LogP contribution < -0.4 is 10.1 Å². The molecule has 0 bridgehead atoms. The number of hydrogen-bond donors (Lipinski definition) is 1. The highest BCUT2D eigenvalue weighted by atomic mass is 35.5. The normalized spacial score (nSPS) is 10.1. The van der Waals surface area contributed by atoms with Crippen molar-refractivity contribution in [1.82, 2.24) is 4.98 Å². The number of oxazole rings is 1. The number of hydrogen-bond acceptors (Lipinski definition) is 4. The van der Waals surface area contributed by atoms with Crippen molar-refractivity contribution < 1.29 is 9.15 Å². The number of benzene rings is 1. The maximum atomic E-state index is 5.99. The van der Waals surface area contributed by atoms with E-state index in [1.165, 1.54) is 6.39 Å². The number of halogens is 1. The van der Waals surface area contributed by atoms with Gasteiger partial charge in [-0.15, -0.1) is 0 Å². The summed E-state index contributed by atoms with van der Waals surface area (Å²) in [5.74, 6) is 1.43. The smallest absolute Gasteiger partial charge is 0.180 e. The van der Waals surface area contributed by atoms with E-state index in [1.807, 2.05) is 12.1 Å². The van der Waals surface area contributed by atoms with Gasteiger partial charge < -0.3 is 14.5 Å². The molecule has 0 aliphatic carbocycles. The molecule has 1 N–H and O–H groups in total. The molecule has 1 heterocycles. The monoisotopic (exact) mass is 238 g/mol. The number of ether oxygens (including phenoxy) is 1. The van der Waals surface area contributed by atoms with Gasteiger partial charge in [-0.3, -0.25) is 0 Å². The van der Waals surface area contributed by atoms with Crippen molar-refractivity contribution >= 4 is 17.3 Å². The lowest BCUT2D eigenvalue weighted by Gasteiger charge is -2.07. The Hall–Kier alpha value is -1.68. The Morgan fingerprint density at radius 2 is 2.38 bits per heavy atom. The second-order valence-corrected chi connectivity index (χ2v) is 3.58. The van der Waals surface area contributed by atoms with Gasteiger partial charge in [0.25, 0.3) is 0 Å². The van der Waals surface area contributed by atoms with Crippen LogP contribution in [0.4, 0.5) is 5.69 Å². The van der Waals surface area contributed by atoms with Gasteiger partial charge in [-0.25, -0.2) is 4.98 Å². The molecule has 1 aromatic carbocycles. The number of methoxy groups -OCH3 is 1. The highest BCUT2D eigenvalue weighted by Crippen LogP contribution is 2.27. The largest absolute Gasteiger partial charge is 0.495 e. The van der Waals surface area contributed by atoms with Gasteiger partial charge in [0.1, 0.15) is 11.5 Å². The van der Waals surface area contributed by atoms with Crippen LogP contribution in [-0.4, -0.2) is 12.1 Å². The molecule has 0 spiro atoms. The fraction of sp³-hybridized carbons (Fsp3) is 0.182. The summed E-state index contributed by atoms with van der Waals surface area (Å²) >= 11 is 5.99. The predicted octanol–water partition coefficient (Wildman–Crippen LogP) is 2.95. The summed E-state index contributed by atoms with van der Waals surface area (Å²) in [5.41, 5.74) is 0.905. The summed E-state index contributed by atoms with van der Waals surface area (Å²) in [6, 6.07) is 5.50. The van der Waals surface area contributed by atoms with Crippen molar-refractivity contribution in [3.05, 3.63) is 41.6 Å². The van der Waals surface area contributed by atoms with Crippen LogP contribution in [0.2, 0.25) is 5.02 Å². The van der Waals surface area contributed by atoms with Gasteiger partial charge in [0.15, 0.2) is 6.39 Å². The zero-order chi connectivity index (χ0) is 11.4. The van der Waals surface area contributed by atoms with Crippen LogP contribution in [-0.2, 0) is 6.54 Å². The third-order valence-electron chi connectivity index (χ3n) is 2.10. The van der Waals surface area contributed by atoms with E-state index >= 15 is 0 Å². The van der Waals surface area contributed by atoms with Crippen molar-refractivity contribution in [2.24, 2.45) is 0 Å². The number of nitrogens with zero attached hydrogens (tertiary/aromatic N) is 1. The Bertz CT molecular complexity index is 457. The first-order chi connectivity index (χ1) is 7.79. The van der Waals surface area contributed by atoms with Crippen LogP contribution in [0.25, 0.3) is 0 Å². The minimum absolute atomic E-state index is 0.572. The summed E-state index contributed by atoms with van der Waals surface area (Å²) in [7, 11) is 1.59. The van der Waals surface area contributed by atoms with E-state index in [2.05, 4.69) is 10.3 Å². The summed E-state index contributed by atoms with van der Waals surface area (Å²) in [6.07, 6.45) is 3.07. The lowest BCUT2D eigenvalue weighted by molar-refractivity contribution is 0.415. The zero-order valence-electron chi connectivity index (χ0n) is 8.74. The number of rotatable bonds is 4. The van der Waals surface area contributed by atoms with Crippen LogP contribution in [0.5, 0.6) is 5.75 Å². The fourth-order valence-electron chi connectivity index (χ4n) is 1.29. The lowest BCUT2D eigenvalue weighted by atomic mass is 10.3. The van der Waals surface area contributed by atoms with Gasteiger partial charge >= 0.3 is 0 Å². The molecular weight excluding hydrogens is 228 g/mol. The molecule has 4 nitrogen and oxygen atoms in total. The Balaban J connectivity index is 2.02. The lowest BCUT2D eigenvalue weighted by Crippen LogP contribution is -1.98. The third-order valence-corrected chi connectivity index (χ3v) is 2.40. The van der Waals surface area contributed by atoms with E-state index in [0.717, 1.165) is 11.4 Å². The molecule has 16 heavy (non-hydrogen) atoms. The van der Waals surface area contributed by atoms with Crippen LogP contribution in [0, 0.1) is 0 Å². The molecule has 0 saturated heterocycles. The molecule has 1 aromatic heterocycles. The van der Waals surface area contributed by atoms with Gasteiger partial charge in [0.05, 0.1) is 24.9 Å². The van der Waals surface area contributed by atoms with Gasteiger partial charge in [-0.2, -0.15) is 0 Å². The van der Waals surface area contributed by atoms with E-state index in [4.69, 9.17) is 20.8 Å². The van der Waals surface area contributed by atoms with Crippen molar-refractivity contribution in [2.75, 3.05) is 12.4 Å². The predicted molar refractivity (Wildman–Crippen MR) is 61.8 cm³/mol. The quantitative estimate of drug-likeness (QED) is 0.890. The van der Waals surface area contributed by atoms with Gasteiger partial charge in [-0.05, 0) is 18.2 Å². The Morgan fingerprint density at radius 1 is 1.50 bits per heavy atom. The number of aromatic nitrogens is 1. The minimum atomic E-state index is 0.572. The second-order valence-electron chi connectivity index (χ2n) is 3.17. The number of nitrogens with one attached hydrogen (secondary N) is 1. The highest BCUT2D eigenvalue weighted by Gasteiger charge is 2.02. The minimum Gasteiger partial charge on any atom is -0.495 e. The van der Waals surface area contributed by atoms with Gasteiger partial charge in [0, 0.05) is 5.69 Å². The van der Waals surface area contributed by atoms with Crippen LogP contribution >= 0.6 is 11.6 Å². The molecular formula is C11H11ClN2O2. The SMILES string of the molecule is COc1ccc(NCc2cnco2)cc1Cl. The van der Waals surface area contributed by atoms with Crippen LogP contribution in [0.3, 0.4) is 0 Å². The zero-order valence-corrected chi connectivity index (χ0v) is 9.49. The molecule has 84 valence electrons. The van der Waals surface area contributed by atoms with E-state index < -0.39 is 0 Å². The first kappa shape index (κ1) is 10.8.